The summed E-state index contributed by atoms with van der Waals surface area (Å²) in [6, 6.07) is 13.4. The van der Waals surface area contributed by atoms with Crippen molar-refractivity contribution in [3.63, 3.8) is 0 Å². The number of carbonyl (C=O) groups excluding carboxylic acids is 5. The molecule has 1 aromatic heterocycles. The number of nitrogens with zero attached hydrogens (tertiary/aromatic N) is 3. The molecule has 51 heavy (non-hydrogen) atoms. The zero-order valence-corrected chi connectivity index (χ0v) is 28.5. The van der Waals surface area contributed by atoms with Gasteiger partial charge in [0.05, 0.1) is 6.54 Å². The van der Waals surface area contributed by atoms with Crippen molar-refractivity contribution in [2.75, 3.05) is 26.2 Å². The Morgan fingerprint density at radius 2 is 1.55 bits per heavy atom. The second kappa shape index (κ2) is 16.0. The average Bonchev–Trinajstić information content (AvgIpc) is 3.52. The normalized spacial score (nSPS) is 21.9. The molecule has 14 nitrogen and oxygen atoms in total. The van der Waals surface area contributed by atoms with Crippen LogP contribution in [0.25, 0.3) is 0 Å². The van der Waals surface area contributed by atoms with Crippen LogP contribution in [0.15, 0.2) is 60.7 Å². The number of halogens is 2. The van der Waals surface area contributed by atoms with Gasteiger partial charge in [-0.1, -0.05) is 30.3 Å². The number of ether oxygens (including phenoxy) is 2. The van der Waals surface area contributed by atoms with Gasteiger partial charge in [0.15, 0.2) is 5.60 Å². The summed E-state index contributed by atoms with van der Waals surface area (Å²) in [4.78, 5) is 68.5. The van der Waals surface area contributed by atoms with Crippen molar-refractivity contribution in [1.29, 1.82) is 0 Å². The van der Waals surface area contributed by atoms with Gasteiger partial charge in [-0.25, -0.2) is 8.78 Å². The first kappa shape index (κ1) is 36.7. The smallest absolute Gasteiger partial charge is 0.282 e. The standard InChI is InChI=1S/C35H41F2N7O7/c1-21-30(45)38-15-18-50-24-9-11-25(12-10-24)51-35(13-16-44(17-14-35)33(48)28-20-26(29(36)37)42-43(28)3)34(49)40-22(2)31(46)41-27(32(47)39-21)19-23-7-5-4-6-8-23/h4-12,20-22,27,29H,13-19H2,1-3H3,(H,38,45)(H,39,47)(H,40,49)(H,41,46)/t21-,22-,27-/m0/s1. The maximum Gasteiger partial charge on any atom is 0.282 e. The zero-order valence-electron chi connectivity index (χ0n) is 28.5. The lowest BCUT2D eigenvalue weighted by molar-refractivity contribution is -0.143. The highest BCUT2D eigenvalue weighted by atomic mass is 19.3. The number of likely N-dealkylation sites (tertiary alicyclic amines) is 1. The van der Waals surface area contributed by atoms with Gasteiger partial charge in [-0.3, -0.25) is 28.7 Å². The number of rotatable bonds is 4. The summed E-state index contributed by atoms with van der Waals surface area (Å²) in [7, 11) is 1.40. The van der Waals surface area contributed by atoms with Crippen LogP contribution in [-0.4, -0.2) is 94.2 Å². The Morgan fingerprint density at radius 3 is 2.20 bits per heavy atom. The topological polar surface area (TPSA) is 173 Å². The summed E-state index contributed by atoms with van der Waals surface area (Å²) in [5, 5.41) is 14.5. The maximum absolute atomic E-state index is 14.1. The van der Waals surface area contributed by atoms with Crippen molar-refractivity contribution in [3.05, 3.63) is 77.6 Å². The van der Waals surface area contributed by atoms with Crippen molar-refractivity contribution in [3.8, 4) is 11.5 Å². The van der Waals surface area contributed by atoms with Crippen molar-refractivity contribution in [1.82, 2.24) is 35.9 Å². The number of hydrogen-bond acceptors (Lipinski definition) is 8. The van der Waals surface area contributed by atoms with E-state index in [9.17, 15) is 32.8 Å². The van der Waals surface area contributed by atoms with Gasteiger partial charge in [-0.15, -0.1) is 0 Å². The van der Waals surface area contributed by atoms with E-state index in [4.69, 9.17) is 9.47 Å². The minimum absolute atomic E-state index is 0.00729. The second-order valence-corrected chi connectivity index (χ2v) is 12.6. The van der Waals surface area contributed by atoms with Gasteiger partial charge in [-0.2, -0.15) is 5.10 Å². The van der Waals surface area contributed by atoms with E-state index < -0.39 is 65.4 Å². The van der Waals surface area contributed by atoms with Gasteiger partial charge in [-0.05, 0) is 49.7 Å². The number of aromatic nitrogens is 2. The molecule has 272 valence electrons. The highest BCUT2D eigenvalue weighted by Crippen LogP contribution is 2.31. The predicted molar refractivity (Wildman–Crippen MR) is 179 cm³/mol. The fourth-order valence-electron chi connectivity index (χ4n) is 5.86. The molecule has 6 rings (SSSR count). The Morgan fingerprint density at radius 1 is 0.902 bits per heavy atom. The molecule has 0 aliphatic carbocycles. The van der Waals surface area contributed by atoms with E-state index in [0.29, 0.717) is 11.5 Å². The van der Waals surface area contributed by atoms with Crippen LogP contribution < -0.4 is 30.7 Å². The van der Waals surface area contributed by atoms with Crippen molar-refractivity contribution >= 4 is 29.5 Å². The number of alkyl halides is 2. The number of hydrogen-bond donors (Lipinski definition) is 4. The molecule has 0 radical (unpaired) electrons. The number of carbonyl (C=O) groups is 5. The van der Waals surface area contributed by atoms with E-state index in [0.717, 1.165) is 16.3 Å². The SMILES string of the molecule is C[C@@H]1NC(=O)[C@H](Cc2ccccc2)NC(=O)[C@H](C)NC(=O)C2(CCN(C(=O)c3cc(C(F)F)nn3C)CC2)Oc2ccc(cc2)OCCNC1=O. The first-order valence-corrected chi connectivity index (χ1v) is 16.6. The van der Waals surface area contributed by atoms with Gasteiger partial charge in [0.2, 0.25) is 17.7 Å². The fourth-order valence-corrected chi connectivity index (χ4v) is 5.86. The Kier molecular flexibility index (Phi) is 11.5. The first-order chi connectivity index (χ1) is 24.3. The molecule has 1 saturated heterocycles. The highest BCUT2D eigenvalue weighted by Gasteiger charge is 2.46. The van der Waals surface area contributed by atoms with Crippen LogP contribution in [0.2, 0.25) is 0 Å². The van der Waals surface area contributed by atoms with Gasteiger partial charge >= 0.3 is 0 Å². The number of nitrogens with one attached hydrogen (secondary N) is 4. The van der Waals surface area contributed by atoms with E-state index in [-0.39, 0.29) is 51.2 Å². The quantitative estimate of drug-likeness (QED) is 0.296. The van der Waals surface area contributed by atoms with Crippen LogP contribution in [0, 0.1) is 0 Å². The number of fused-ring (bicyclic) bond motifs is 15. The minimum atomic E-state index is -2.84. The molecule has 3 atom stereocenters. The van der Waals surface area contributed by atoms with E-state index in [1.165, 1.54) is 25.8 Å². The van der Waals surface area contributed by atoms with Crippen LogP contribution in [0.5, 0.6) is 11.5 Å². The molecule has 1 spiro atoms. The van der Waals surface area contributed by atoms with Crippen molar-refractivity contribution in [2.24, 2.45) is 7.05 Å². The van der Waals surface area contributed by atoms with E-state index in [1.54, 1.807) is 48.5 Å². The Labute approximate surface area is 293 Å². The van der Waals surface area contributed by atoms with Gasteiger partial charge in [0.25, 0.3) is 18.2 Å². The molecule has 4 N–H and O–H groups in total. The third-order valence-corrected chi connectivity index (χ3v) is 8.83. The highest BCUT2D eigenvalue weighted by molar-refractivity contribution is 5.96. The molecule has 3 aromatic rings. The van der Waals surface area contributed by atoms with Gasteiger partial charge in [0, 0.05) is 39.4 Å². The van der Waals surface area contributed by atoms with Gasteiger partial charge < -0.3 is 35.6 Å². The lowest BCUT2D eigenvalue weighted by Gasteiger charge is -2.41. The van der Waals surface area contributed by atoms with Crippen LogP contribution >= 0.6 is 0 Å². The van der Waals surface area contributed by atoms with Crippen molar-refractivity contribution < 1.29 is 42.2 Å². The molecule has 4 heterocycles. The van der Waals surface area contributed by atoms with Crippen LogP contribution in [-0.2, 0) is 32.6 Å². The number of benzene rings is 2. The minimum Gasteiger partial charge on any atom is -0.492 e. The third kappa shape index (κ3) is 8.98. The van der Waals surface area contributed by atoms with Gasteiger partial charge in [0.1, 0.15) is 47.6 Å². The Bertz CT molecular complexity index is 1730. The molecule has 1 fully saturated rings. The number of aryl methyl sites for hydroxylation is 1. The molecular formula is C35H41F2N7O7. The summed E-state index contributed by atoms with van der Waals surface area (Å²) in [5.74, 6) is -2.04. The fraction of sp³-hybridized carbons (Fsp3) is 0.429. The van der Waals surface area contributed by atoms with Crippen LogP contribution in [0.1, 0.15) is 54.9 Å². The summed E-state index contributed by atoms with van der Waals surface area (Å²) in [5.41, 5.74) is -1.31. The van der Waals surface area contributed by atoms with Crippen LogP contribution in [0.3, 0.4) is 0 Å². The van der Waals surface area contributed by atoms with E-state index >= 15 is 0 Å². The Hall–Kier alpha value is -5.54. The predicted octanol–water partition coefficient (Wildman–Crippen LogP) is 1.66. The van der Waals surface area contributed by atoms with E-state index in [1.807, 2.05) is 6.07 Å². The third-order valence-electron chi connectivity index (χ3n) is 8.83. The molecule has 2 aromatic carbocycles. The molecule has 5 amide bonds. The average molecular weight is 710 g/mol. The first-order valence-electron chi connectivity index (χ1n) is 16.6. The maximum atomic E-state index is 14.1. The molecule has 0 unspecified atom stereocenters. The second-order valence-electron chi connectivity index (χ2n) is 12.6. The zero-order chi connectivity index (χ0) is 36.7. The molecule has 16 heteroatoms. The monoisotopic (exact) mass is 709 g/mol. The lowest BCUT2D eigenvalue weighted by atomic mass is 9.89. The summed E-state index contributed by atoms with van der Waals surface area (Å²) in [6.07, 6.45) is -2.71. The van der Waals surface area contributed by atoms with E-state index in [2.05, 4.69) is 26.4 Å². The molecule has 3 aliphatic rings. The number of piperidine rings is 1. The lowest BCUT2D eigenvalue weighted by Crippen LogP contribution is -2.61. The summed E-state index contributed by atoms with van der Waals surface area (Å²) in [6.45, 7) is 3.34. The summed E-state index contributed by atoms with van der Waals surface area (Å²) < 4.78 is 39.7. The summed E-state index contributed by atoms with van der Waals surface area (Å²) >= 11 is 0. The Balaban J connectivity index is 1.38. The molecule has 3 aliphatic heterocycles. The molecule has 2 bridgehead atoms. The van der Waals surface area contributed by atoms with Crippen molar-refractivity contribution in [2.45, 2.75) is 63.3 Å². The molecular weight excluding hydrogens is 668 g/mol. The molecule has 0 saturated carbocycles. The number of amides is 5. The van der Waals surface area contributed by atoms with Crippen LogP contribution in [0.4, 0.5) is 8.78 Å². The largest absolute Gasteiger partial charge is 0.492 e.